The number of carboxylic acid groups (broad SMARTS) is 1. The predicted molar refractivity (Wildman–Crippen MR) is 92.4 cm³/mol. The topological polar surface area (TPSA) is 95.0 Å². The molecule has 0 aromatic heterocycles. The standard InChI is InChI=1S/C17H23FN2O5S/c1-17(16(22)23)9-11-20(12-17)15(21)4-3-10-19(2)26(24,25)14-7-5-13(18)6-8-14/h5-8H,3-4,9-12H2,1-2H3,(H,22,23). The van der Waals surface area contributed by atoms with Crippen LogP contribution in [0.25, 0.3) is 0 Å². The summed E-state index contributed by atoms with van der Waals surface area (Å²) in [6, 6.07) is 4.56. The van der Waals surface area contributed by atoms with E-state index in [2.05, 4.69) is 0 Å². The van der Waals surface area contributed by atoms with Crippen LogP contribution in [-0.4, -0.2) is 61.3 Å². The zero-order valence-corrected chi connectivity index (χ0v) is 15.6. The van der Waals surface area contributed by atoms with Crippen molar-refractivity contribution in [3.8, 4) is 0 Å². The van der Waals surface area contributed by atoms with E-state index in [1.807, 2.05) is 0 Å². The molecule has 1 N–H and O–H groups in total. The Morgan fingerprint density at radius 1 is 1.31 bits per heavy atom. The third-order valence-electron chi connectivity index (χ3n) is 4.73. The second-order valence-corrected chi connectivity index (χ2v) is 8.86. The molecule has 144 valence electrons. The van der Waals surface area contributed by atoms with Gasteiger partial charge in [0.25, 0.3) is 0 Å². The van der Waals surface area contributed by atoms with Gasteiger partial charge in [-0.3, -0.25) is 9.59 Å². The number of likely N-dealkylation sites (tertiary alicyclic amines) is 1. The second-order valence-electron chi connectivity index (χ2n) is 6.82. The Morgan fingerprint density at radius 3 is 2.46 bits per heavy atom. The van der Waals surface area contributed by atoms with Gasteiger partial charge in [0.1, 0.15) is 5.82 Å². The fourth-order valence-electron chi connectivity index (χ4n) is 2.87. The van der Waals surface area contributed by atoms with Crippen molar-refractivity contribution in [2.24, 2.45) is 5.41 Å². The lowest BCUT2D eigenvalue weighted by Crippen LogP contribution is -2.35. The van der Waals surface area contributed by atoms with Gasteiger partial charge in [0.2, 0.25) is 15.9 Å². The number of carboxylic acids is 1. The van der Waals surface area contributed by atoms with Gasteiger partial charge in [-0.05, 0) is 44.0 Å². The molecule has 1 aliphatic heterocycles. The Kier molecular flexibility index (Phi) is 6.02. The average molecular weight is 386 g/mol. The molecule has 0 bridgehead atoms. The number of rotatable bonds is 7. The van der Waals surface area contributed by atoms with E-state index < -0.39 is 27.2 Å². The highest BCUT2D eigenvalue weighted by Gasteiger charge is 2.41. The first-order chi connectivity index (χ1) is 12.1. The number of halogens is 1. The van der Waals surface area contributed by atoms with Crippen LogP contribution in [0.5, 0.6) is 0 Å². The van der Waals surface area contributed by atoms with Crippen LogP contribution in [0.4, 0.5) is 4.39 Å². The summed E-state index contributed by atoms with van der Waals surface area (Å²) in [4.78, 5) is 25.0. The van der Waals surface area contributed by atoms with Crippen molar-refractivity contribution in [1.82, 2.24) is 9.21 Å². The highest BCUT2D eigenvalue weighted by Crippen LogP contribution is 2.30. The number of carbonyl (C=O) groups excluding carboxylic acids is 1. The van der Waals surface area contributed by atoms with E-state index in [1.54, 1.807) is 6.92 Å². The number of hydrogen-bond donors (Lipinski definition) is 1. The minimum Gasteiger partial charge on any atom is -0.481 e. The van der Waals surface area contributed by atoms with E-state index in [0.29, 0.717) is 19.4 Å². The summed E-state index contributed by atoms with van der Waals surface area (Å²) in [5.74, 6) is -1.61. The minimum absolute atomic E-state index is 0.00973. The Balaban J connectivity index is 1.86. The second kappa shape index (κ2) is 7.71. The predicted octanol–water partition coefficient (Wildman–Crippen LogP) is 1.55. The zero-order chi connectivity index (χ0) is 19.5. The number of aliphatic carboxylic acids is 1. The summed E-state index contributed by atoms with van der Waals surface area (Å²) in [6.45, 7) is 2.32. The van der Waals surface area contributed by atoms with Crippen molar-refractivity contribution in [2.45, 2.75) is 31.1 Å². The van der Waals surface area contributed by atoms with Crippen LogP contribution in [0.15, 0.2) is 29.2 Å². The number of nitrogens with zero attached hydrogens (tertiary/aromatic N) is 2. The smallest absolute Gasteiger partial charge is 0.311 e. The molecule has 1 heterocycles. The fraction of sp³-hybridized carbons (Fsp3) is 0.529. The molecule has 0 aliphatic carbocycles. The van der Waals surface area contributed by atoms with Crippen LogP contribution in [0.1, 0.15) is 26.2 Å². The number of hydrogen-bond acceptors (Lipinski definition) is 4. The third-order valence-corrected chi connectivity index (χ3v) is 6.60. The Labute approximate surface area is 152 Å². The van der Waals surface area contributed by atoms with Crippen LogP contribution in [0.2, 0.25) is 0 Å². The average Bonchev–Trinajstić information content (AvgIpc) is 2.99. The van der Waals surface area contributed by atoms with Crippen molar-refractivity contribution >= 4 is 21.9 Å². The summed E-state index contributed by atoms with van der Waals surface area (Å²) in [5.41, 5.74) is -0.918. The van der Waals surface area contributed by atoms with Gasteiger partial charge in [-0.1, -0.05) is 0 Å². The maximum absolute atomic E-state index is 12.9. The van der Waals surface area contributed by atoms with Crippen molar-refractivity contribution < 1.29 is 27.5 Å². The molecule has 1 aromatic carbocycles. The maximum Gasteiger partial charge on any atom is 0.311 e. The molecule has 1 amide bonds. The maximum atomic E-state index is 12.9. The van der Waals surface area contributed by atoms with E-state index in [9.17, 15) is 27.5 Å². The zero-order valence-electron chi connectivity index (χ0n) is 14.8. The molecule has 0 spiro atoms. The monoisotopic (exact) mass is 386 g/mol. The van der Waals surface area contributed by atoms with Crippen molar-refractivity contribution in [2.75, 3.05) is 26.7 Å². The molecule has 26 heavy (non-hydrogen) atoms. The van der Waals surface area contributed by atoms with Gasteiger partial charge in [0, 0.05) is 33.1 Å². The van der Waals surface area contributed by atoms with Crippen LogP contribution >= 0.6 is 0 Å². The Hall–Kier alpha value is -2.00. The first-order valence-electron chi connectivity index (χ1n) is 8.29. The van der Waals surface area contributed by atoms with Crippen LogP contribution < -0.4 is 0 Å². The normalized spacial score (nSPS) is 20.5. The highest BCUT2D eigenvalue weighted by atomic mass is 32.2. The van der Waals surface area contributed by atoms with Crippen LogP contribution in [-0.2, 0) is 19.6 Å². The van der Waals surface area contributed by atoms with E-state index >= 15 is 0 Å². The summed E-state index contributed by atoms with van der Waals surface area (Å²) in [6.07, 6.45) is 0.863. The number of amides is 1. The van der Waals surface area contributed by atoms with E-state index in [0.717, 1.165) is 16.4 Å². The first kappa shape index (κ1) is 20.3. The Bertz CT molecular complexity index is 781. The molecule has 7 nitrogen and oxygen atoms in total. The summed E-state index contributed by atoms with van der Waals surface area (Å²) in [5, 5.41) is 9.20. The minimum atomic E-state index is -3.74. The van der Waals surface area contributed by atoms with E-state index in [1.165, 1.54) is 24.1 Å². The quantitative estimate of drug-likeness (QED) is 0.767. The third kappa shape index (κ3) is 4.39. The number of sulfonamides is 1. The van der Waals surface area contributed by atoms with Crippen LogP contribution in [0, 0.1) is 11.2 Å². The Morgan fingerprint density at radius 2 is 1.92 bits per heavy atom. The summed E-state index contributed by atoms with van der Waals surface area (Å²) < 4.78 is 38.8. The van der Waals surface area contributed by atoms with Crippen molar-refractivity contribution in [3.05, 3.63) is 30.1 Å². The fourth-order valence-corrected chi connectivity index (χ4v) is 4.08. The van der Waals surface area contributed by atoms with Gasteiger partial charge < -0.3 is 10.0 Å². The molecular weight excluding hydrogens is 363 g/mol. The van der Waals surface area contributed by atoms with Gasteiger partial charge >= 0.3 is 5.97 Å². The van der Waals surface area contributed by atoms with Gasteiger partial charge in [-0.2, -0.15) is 0 Å². The molecule has 2 rings (SSSR count). The van der Waals surface area contributed by atoms with Crippen molar-refractivity contribution in [1.29, 1.82) is 0 Å². The van der Waals surface area contributed by atoms with E-state index in [4.69, 9.17) is 0 Å². The largest absolute Gasteiger partial charge is 0.481 e. The molecule has 1 saturated heterocycles. The van der Waals surface area contributed by atoms with E-state index in [-0.39, 0.29) is 30.3 Å². The highest BCUT2D eigenvalue weighted by molar-refractivity contribution is 7.89. The SMILES string of the molecule is CN(CCCC(=O)N1CCC(C)(C(=O)O)C1)S(=O)(=O)c1ccc(F)cc1. The number of benzene rings is 1. The summed E-state index contributed by atoms with van der Waals surface area (Å²) in [7, 11) is -2.34. The van der Waals surface area contributed by atoms with Crippen LogP contribution in [0.3, 0.4) is 0 Å². The van der Waals surface area contributed by atoms with Gasteiger partial charge in [0.15, 0.2) is 0 Å². The van der Waals surface area contributed by atoms with Crippen molar-refractivity contribution in [3.63, 3.8) is 0 Å². The number of carbonyl (C=O) groups is 2. The lowest BCUT2D eigenvalue weighted by Gasteiger charge is -2.21. The van der Waals surface area contributed by atoms with Gasteiger partial charge in [-0.15, -0.1) is 0 Å². The lowest BCUT2D eigenvalue weighted by atomic mass is 9.90. The molecule has 1 aliphatic rings. The molecular formula is C17H23FN2O5S. The molecule has 0 radical (unpaired) electrons. The summed E-state index contributed by atoms with van der Waals surface area (Å²) >= 11 is 0. The lowest BCUT2D eigenvalue weighted by molar-refractivity contribution is -0.147. The van der Waals surface area contributed by atoms with Gasteiger partial charge in [0.05, 0.1) is 10.3 Å². The molecule has 0 saturated carbocycles. The molecule has 9 heteroatoms. The molecule has 1 atom stereocenters. The molecule has 1 fully saturated rings. The molecule has 1 aromatic rings. The molecule has 1 unspecified atom stereocenters. The van der Waals surface area contributed by atoms with Gasteiger partial charge in [-0.25, -0.2) is 17.1 Å². The first-order valence-corrected chi connectivity index (χ1v) is 9.73.